The molecule has 1 aromatic carbocycles. The van der Waals surface area contributed by atoms with Crippen molar-refractivity contribution >= 4 is 18.4 Å². The summed E-state index contributed by atoms with van der Waals surface area (Å²) in [7, 11) is 0. The van der Waals surface area contributed by atoms with E-state index in [1.54, 1.807) is 16.9 Å². The molecule has 0 fully saturated rings. The van der Waals surface area contributed by atoms with Crippen LogP contribution in [0, 0.1) is 0 Å². The van der Waals surface area contributed by atoms with E-state index in [0.717, 1.165) is 0 Å². The zero-order valence-electron chi connectivity index (χ0n) is 15.9. The van der Waals surface area contributed by atoms with Gasteiger partial charge in [-0.25, -0.2) is 0 Å². The molecule has 130 valence electrons. The molecule has 0 unspecified atom stereocenters. The summed E-state index contributed by atoms with van der Waals surface area (Å²) in [4.78, 5) is 0. The van der Waals surface area contributed by atoms with Crippen molar-refractivity contribution in [3.8, 4) is 0 Å². The minimum absolute atomic E-state index is 1.20. The summed E-state index contributed by atoms with van der Waals surface area (Å²) in [5, 5.41) is 0. The molecule has 0 amide bonds. The predicted octanol–water partition coefficient (Wildman–Crippen LogP) is 7.56. The third-order valence-electron chi connectivity index (χ3n) is 5.33. The molecule has 0 radical (unpaired) electrons. The Morgan fingerprint density at radius 3 is 1.74 bits per heavy atom. The molecule has 1 aromatic rings. The van der Waals surface area contributed by atoms with E-state index >= 15 is 0 Å². The van der Waals surface area contributed by atoms with Crippen molar-refractivity contribution < 1.29 is 0 Å². The standard InChI is InChI=1S/C10H11.3C4H9.Sn/c1-2-3-7-10-8-5-4-6-9-10;3*1-3-4-2;/h4-6,8-9H,1,3,7H2;3*1,3-4H2,2H3;. The van der Waals surface area contributed by atoms with Crippen LogP contribution in [0.1, 0.15) is 71.3 Å². The molecule has 0 aromatic heterocycles. The molecule has 0 aliphatic carbocycles. The SMILES string of the molecule is C=[C](CCc1ccccc1)[Sn]([CH2]CCC)([CH2]CCC)[CH2]CCC. The average Bonchev–Trinajstić information content (AvgIpc) is 2.60. The zero-order valence-corrected chi connectivity index (χ0v) is 18.7. The van der Waals surface area contributed by atoms with Gasteiger partial charge in [-0.3, -0.25) is 0 Å². The number of rotatable bonds is 13. The van der Waals surface area contributed by atoms with Gasteiger partial charge >= 0.3 is 150 Å². The van der Waals surface area contributed by atoms with Gasteiger partial charge in [0.2, 0.25) is 0 Å². The summed E-state index contributed by atoms with van der Waals surface area (Å²) >= 11 is -2.19. The Labute approximate surface area is 149 Å². The quantitative estimate of drug-likeness (QED) is 0.288. The third kappa shape index (κ3) is 7.45. The monoisotopic (exact) mass is 422 g/mol. The van der Waals surface area contributed by atoms with Gasteiger partial charge in [0.15, 0.2) is 0 Å². The van der Waals surface area contributed by atoms with Crippen LogP contribution in [0.15, 0.2) is 40.5 Å². The second kappa shape index (κ2) is 12.2. The molecule has 23 heavy (non-hydrogen) atoms. The van der Waals surface area contributed by atoms with Crippen LogP contribution in [-0.4, -0.2) is 18.4 Å². The van der Waals surface area contributed by atoms with Gasteiger partial charge in [0.1, 0.15) is 0 Å². The first-order valence-electron chi connectivity index (χ1n) is 9.90. The Morgan fingerprint density at radius 1 is 0.826 bits per heavy atom. The van der Waals surface area contributed by atoms with Gasteiger partial charge in [0.05, 0.1) is 0 Å². The predicted molar refractivity (Wildman–Crippen MR) is 109 cm³/mol. The minimum atomic E-state index is -2.19. The van der Waals surface area contributed by atoms with E-state index in [9.17, 15) is 0 Å². The van der Waals surface area contributed by atoms with Gasteiger partial charge in [0, 0.05) is 0 Å². The van der Waals surface area contributed by atoms with Crippen LogP contribution in [0.2, 0.25) is 13.3 Å². The van der Waals surface area contributed by atoms with Crippen molar-refractivity contribution in [2.75, 3.05) is 0 Å². The van der Waals surface area contributed by atoms with Crippen molar-refractivity contribution in [1.29, 1.82) is 0 Å². The normalized spacial score (nSPS) is 11.6. The number of allylic oxidation sites excluding steroid dienone is 1. The number of aryl methyl sites for hydroxylation is 1. The van der Waals surface area contributed by atoms with Crippen molar-refractivity contribution in [3.63, 3.8) is 0 Å². The van der Waals surface area contributed by atoms with Gasteiger partial charge in [-0.1, -0.05) is 0 Å². The Balaban J connectivity index is 2.78. The molecule has 0 bridgehead atoms. The van der Waals surface area contributed by atoms with E-state index in [0.29, 0.717) is 0 Å². The van der Waals surface area contributed by atoms with Gasteiger partial charge in [-0.15, -0.1) is 0 Å². The molecule has 1 rings (SSSR count). The summed E-state index contributed by atoms with van der Waals surface area (Å²) in [5.41, 5.74) is 1.48. The van der Waals surface area contributed by atoms with Crippen LogP contribution in [0.3, 0.4) is 0 Å². The molecule has 0 aliphatic heterocycles. The Morgan fingerprint density at radius 2 is 1.30 bits per heavy atom. The van der Waals surface area contributed by atoms with E-state index in [2.05, 4.69) is 51.1 Å². The fraction of sp³-hybridized carbons (Fsp3) is 0.636. The fourth-order valence-electron chi connectivity index (χ4n) is 3.66. The topological polar surface area (TPSA) is 0 Å². The van der Waals surface area contributed by atoms with Crippen molar-refractivity contribution in [1.82, 2.24) is 0 Å². The van der Waals surface area contributed by atoms with Crippen LogP contribution in [0.4, 0.5) is 0 Å². The Bertz CT molecular complexity index is 399. The Kier molecular flexibility index (Phi) is 11.0. The van der Waals surface area contributed by atoms with Gasteiger partial charge < -0.3 is 0 Å². The van der Waals surface area contributed by atoms with Crippen LogP contribution < -0.4 is 0 Å². The van der Waals surface area contributed by atoms with E-state index in [-0.39, 0.29) is 0 Å². The summed E-state index contributed by atoms with van der Waals surface area (Å²) in [5.74, 6) is 0. The summed E-state index contributed by atoms with van der Waals surface area (Å²) in [6.45, 7) is 11.7. The molecule has 0 heterocycles. The van der Waals surface area contributed by atoms with Crippen LogP contribution in [0.25, 0.3) is 0 Å². The van der Waals surface area contributed by atoms with E-state index in [1.165, 1.54) is 56.9 Å². The van der Waals surface area contributed by atoms with Crippen molar-refractivity contribution in [3.05, 3.63) is 46.1 Å². The molecule has 0 nitrogen and oxygen atoms in total. The van der Waals surface area contributed by atoms with Crippen molar-refractivity contribution in [2.24, 2.45) is 0 Å². The van der Waals surface area contributed by atoms with Gasteiger partial charge in [0.25, 0.3) is 0 Å². The third-order valence-corrected chi connectivity index (χ3v) is 21.6. The zero-order chi connectivity index (χ0) is 17.0. The van der Waals surface area contributed by atoms with Crippen molar-refractivity contribution in [2.45, 2.75) is 85.4 Å². The Hall–Kier alpha value is -0.241. The first kappa shape index (κ1) is 20.8. The van der Waals surface area contributed by atoms with Crippen LogP contribution >= 0.6 is 0 Å². The summed E-state index contributed by atoms with van der Waals surface area (Å²) in [6, 6.07) is 11.0. The molecule has 0 atom stereocenters. The number of benzene rings is 1. The molecule has 0 saturated carbocycles. The van der Waals surface area contributed by atoms with E-state index < -0.39 is 18.4 Å². The van der Waals surface area contributed by atoms with E-state index in [1.807, 2.05) is 0 Å². The molecule has 1 heteroatoms. The molecule has 0 N–H and O–H groups in total. The molecule has 0 spiro atoms. The second-order valence-corrected chi connectivity index (χ2v) is 20.8. The fourth-order valence-corrected chi connectivity index (χ4v) is 19.5. The van der Waals surface area contributed by atoms with Crippen LogP contribution in [0.5, 0.6) is 0 Å². The molecular weight excluding hydrogens is 383 g/mol. The first-order valence-corrected chi connectivity index (χ1v) is 17.4. The molecular formula is C22H38Sn. The van der Waals surface area contributed by atoms with Gasteiger partial charge in [-0.2, -0.15) is 0 Å². The molecule has 0 saturated heterocycles. The number of hydrogen-bond donors (Lipinski definition) is 0. The van der Waals surface area contributed by atoms with Crippen LogP contribution in [-0.2, 0) is 6.42 Å². The average molecular weight is 421 g/mol. The first-order chi connectivity index (χ1) is 11.2. The van der Waals surface area contributed by atoms with E-state index in [4.69, 9.17) is 6.58 Å². The maximum absolute atomic E-state index is 4.69. The number of unbranched alkanes of at least 4 members (excludes halogenated alkanes) is 3. The summed E-state index contributed by atoms with van der Waals surface area (Å²) < 4.78 is 6.40. The number of hydrogen-bond acceptors (Lipinski definition) is 0. The second-order valence-electron chi connectivity index (χ2n) is 7.18. The molecule has 0 aliphatic rings. The summed E-state index contributed by atoms with van der Waals surface area (Å²) in [6.07, 6.45) is 10.8. The van der Waals surface area contributed by atoms with Gasteiger partial charge in [-0.05, 0) is 0 Å². The maximum atomic E-state index is 4.69.